The summed E-state index contributed by atoms with van der Waals surface area (Å²) in [5.41, 5.74) is 3.29. The summed E-state index contributed by atoms with van der Waals surface area (Å²) in [5, 5.41) is 0.599. The third kappa shape index (κ3) is 3.29. The largest absolute Gasteiger partial charge is 0.573 e. The molecule has 0 unspecified atom stereocenters. The Morgan fingerprint density at radius 1 is 1.17 bits per heavy atom. The van der Waals surface area contributed by atoms with Gasteiger partial charge in [0.2, 0.25) is 0 Å². The van der Waals surface area contributed by atoms with Crippen LogP contribution in [0.4, 0.5) is 24.5 Å². The van der Waals surface area contributed by atoms with E-state index >= 15 is 0 Å². The number of para-hydroxylation sites is 1. The lowest BCUT2D eigenvalue weighted by molar-refractivity contribution is -0.274. The maximum atomic E-state index is 12.3. The molecule has 0 atom stereocenters. The molecule has 0 amide bonds. The van der Waals surface area contributed by atoms with Crippen LogP contribution in [0.2, 0.25) is 5.02 Å². The first-order chi connectivity index (χ1) is 10.8. The van der Waals surface area contributed by atoms with Crippen molar-refractivity contribution >= 4 is 29.1 Å². The van der Waals surface area contributed by atoms with E-state index in [-0.39, 0.29) is 5.75 Å². The molecule has 0 bridgehead atoms. The summed E-state index contributed by atoms with van der Waals surface area (Å²) in [6, 6.07) is 9.90. The van der Waals surface area contributed by atoms with Crippen LogP contribution < -0.4 is 9.64 Å². The Morgan fingerprint density at radius 3 is 2.65 bits per heavy atom. The molecule has 0 aliphatic carbocycles. The molecule has 2 nitrogen and oxygen atoms in total. The van der Waals surface area contributed by atoms with Gasteiger partial charge < -0.3 is 9.64 Å². The average molecular weight is 340 g/mol. The van der Waals surface area contributed by atoms with Crippen molar-refractivity contribution in [2.45, 2.75) is 13.3 Å². The third-order valence-electron chi connectivity index (χ3n) is 3.57. The number of aryl methyl sites for hydroxylation is 1. The van der Waals surface area contributed by atoms with Crippen LogP contribution in [0.15, 0.2) is 42.5 Å². The molecular formula is C17H13ClF3NO. The van der Waals surface area contributed by atoms with Gasteiger partial charge in [-0.1, -0.05) is 35.9 Å². The lowest BCUT2D eigenvalue weighted by Crippen LogP contribution is -2.22. The Kier molecular flexibility index (Phi) is 3.98. The van der Waals surface area contributed by atoms with Crippen LogP contribution in [0, 0.1) is 6.92 Å². The molecule has 3 rings (SSSR count). The molecule has 6 heteroatoms. The molecule has 0 saturated carbocycles. The van der Waals surface area contributed by atoms with Gasteiger partial charge >= 0.3 is 6.36 Å². The maximum Gasteiger partial charge on any atom is 0.573 e. The number of rotatable bonds is 2. The van der Waals surface area contributed by atoms with E-state index in [0.29, 0.717) is 17.1 Å². The minimum absolute atomic E-state index is 0.231. The monoisotopic (exact) mass is 339 g/mol. The van der Waals surface area contributed by atoms with Crippen molar-refractivity contribution in [3.63, 3.8) is 0 Å². The highest BCUT2D eigenvalue weighted by molar-refractivity contribution is 6.34. The normalized spacial score (nSPS) is 13.9. The molecule has 120 valence electrons. The summed E-state index contributed by atoms with van der Waals surface area (Å²) in [6.45, 7) is 2.34. The van der Waals surface area contributed by atoms with E-state index in [4.69, 9.17) is 11.6 Å². The second kappa shape index (κ2) is 5.81. The molecule has 0 fully saturated rings. The smallest absolute Gasteiger partial charge is 0.406 e. The Labute approximate surface area is 136 Å². The van der Waals surface area contributed by atoms with Crippen molar-refractivity contribution in [2.75, 3.05) is 11.4 Å². The van der Waals surface area contributed by atoms with Crippen molar-refractivity contribution in [3.05, 3.63) is 58.6 Å². The van der Waals surface area contributed by atoms with Gasteiger partial charge in [-0.25, -0.2) is 0 Å². The number of hydrogen-bond acceptors (Lipinski definition) is 2. The predicted octanol–water partition coefficient (Wildman–Crippen LogP) is 5.71. The highest BCUT2D eigenvalue weighted by atomic mass is 35.5. The minimum atomic E-state index is -4.70. The molecule has 1 aliphatic heterocycles. The Bertz CT molecular complexity index is 771. The molecular weight excluding hydrogens is 327 g/mol. The Morgan fingerprint density at radius 2 is 1.96 bits per heavy atom. The average Bonchev–Trinajstić information content (AvgIpc) is 2.45. The lowest BCUT2D eigenvalue weighted by Gasteiger charge is -2.30. The van der Waals surface area contributed by atoms with Gasteiger partial charge in [0.15, 0.2) is 0 Å². The number of fused-ring (bicyclic) bond motifs is 1. The van der Waals surface area contributed by atoms with Crippen LogP contribution in [-0.2, 0) is 0 Å². The van der Waals surface area contributed by atoms with Crippen LogP contribution in [0.5, 0.6) is 5.75 Å². The van der Waals surface area contributed by atoms with Gasteiger partial charge in [0.25, 0.3) is 0 Å². The maximum absolute atomic E-state index is 12.3. The topological polar surface area (TPSA) is 12.5 Å². The SMILES string of the molecule is Cc1cc(OC(F)(F)F)ccc1N1CC=Cc2cccc(Cl)c21. The number of nitrogens with zero attached hydrogens (tertiary/aromatic N) is 1. The van der Waals surface area contributed by atoms with Crippen molar-refractivity contribution in [1.29, 1.82) is 0 Å². The van der Waals surface area contributed by atoms with Crippen LogP contribution in [0.3, 0.4) is 0 Å². The van der Waals surface area contributed by atoms with Gasteiger partial charge in [0.05, 0.1) is 10.7 Å². The van der Waals surface area contributed by atoms with Crippen molar-refractivity contribution in [3.8, 4) is 5.75 Å². The fraction of sp³-hybridized carbons (Fsp3) is 0.176. The molecule has 0 aromatic heterocycles. The molecule has 23 heavy (non-hydrogen) atoms. The lowest BCUT2D eigenvalue weighted by atomic mass is 10.0. The predicted molar refractivity (Wildman–Crippen MR) is 85.4 cm³/mol. The molecule has 2 aromatic rings. The molecule has 1 aliphatic rings. The van der Waals surface area contributed by atoms with Gasteiger partial charge in [-0.05, 0) is 42.3 Å². The molecule has 0 spiro atoms. The number of ether oxygens (including phenoxy) is 1. The van der Waals surface area contributed by atoms with Crippen LogP contribution in [0.25, 0.3) is 6.08 Å². The highest BCUT2D eigenvalue weighted by Crippen LogP contribution is 2.40. The molecule has 0 N–H and O–H groups in total. The van der Waals surface area contributed by atoms with Crippen LogP contribution >= 0.6 is 11.6 Å². The van der Waals surface area contributed by atoms with Crippen molar-refractivity contribution in [2.24, 2.45) is 0 Å². The first kappa shape index (κ1) is 15.7. The summed E-state index contributed by atoms with van der Waals surface area (Å²) in [6.07, 6.45) is -0.732. The second-order valence-corrected chi connectivity index (χ2v) is 5.59. The van der Waals surface area contributed by atoms with Crippen LogP contribution in [-0.4, -0.2) is 12.9 Å². The summed E-state index contributed by atoms with van der Waals surface area (Å²) in [7, 11) is 0. The van der Waals surface area contributed by atoms with Gasteiger partial charge in [-0.15, -0.1) is 13.2 Å². The standard InChI is InChI=1S/C17H13ClF3NO/c1-11-10-13(23-17(19,20)21)7-8-15(11)22-9-3-5-12-4-2-6-14(18)16(12)22/h2-8,10H,9H2,1H3. The number of hydrogen-bond donors (Lipinski definition) is 0. The highest BCUT2D eigenvalue weighted by Gasteiger charge is 2.31. The summed E-state index contributed by atoms with van der Waals surface area (Å²) in [4.78, 5) is 1.98. The zero-order chi connectivity index (χ0) is 16.6. The first-order valence-electron chi connectivity index (χ1n) is 6.94. The molecule has 0 saturated heterocycles. The van der Waals surface area contributed by atoms with E-state index in [1.807, 2.05) is 29.2 Å². The number of anilines is 2. The van der Waals surface area contributed by atoms with Gasteiger partial charge in [0.1, 0.15) is 5.75 Å². The van der Waals surface area contributed by atoms with Crippen LogP contribution in [0.1, 0.15) is 11.1 Å². The number of alkyl halides is 3. The van der Waals surface area contributed by atoms with Crippen molar-refractivity contribution in [1.82, 2.24) is 0 Å². The van der Waals surface area contributed by atoms with Gasteiger partial charge in [0, 0.05) is 12.2 Å². The van der Waals surface area contributed by atoms with E-state index in [9.17, 15) is 13.2 Å². The molecule has 2 aromatic carbocycles. The molecule has 0 radical (unpaired) electrons. The van der Waals surface area contributed by atoms with E-state index in [0.717, 1.165) is 16.9 Å². The zero-order valence-corrected chi connectivity index (χ0v) is 12.9. The van der Waals surface area contributed by atoms with Crippen molar-refractivity contribution < 1.29 is 17.9 Å². The van der Waals surface area contributed by atoms with E-state index in [1.165, 1.54) is 12.1 Å². The van der Waals surface area contributed by atoms with E-state index in [2.05, 4.69) is 4.74 Å². The fourth-order valence-corrected chi connectivity index (χ4v) is 2.96. The van der Waals surface area contributed by atoms with E-state index in [1.54, 1.807) is 19.1 Å². The van der Waals surface area contributed by atoms with Gasteiger partial charge in [-0.3, -0.25) is 0 Å². The molecule has 1 heterocycles. The number of halogens is 4. The fourth-order valence-electron chi connectivity index (χ4n) is 2.67. The Balaban J connectivity index is 1.99. The minimum Gasteiger partial charge on any atom is -0.406 e. The van der Waals surface area contributed by atoms with E-state index < -0.39 is 6.36 Å². The van der Waals surface area contributed by atoms with Gasteiger partial charge in [-0.2, -0.15) is 0 Å². The zero-order valence-electron chi connectivity index (χ0n) is 12.2. The summed E-state index contributed by atoms with van der Waals surface area (Å²) in [5.74, 6) is -0.231. The number of benzene rings is 2. The summed E-state index contributed by atoms with van der Waals surface area (Å²) < 4.78 is 40.9. The second-order valence-electron chi connectivity index (χ2n) is 5.19. The summed E-state index contributed by atoms with van der Waals surface area (Å²) >= 11 is 6.31. The first-order valence-corrected chi connectivity index (χ1v) is 7.32. The Hall–Kier alpha value is -2.14. The third-order valence-corrected chi connectivity index (χ3v) is 3.87. The quantitative estimate of drug-likeness (QED) is 0.694.